The first-order valence-corrected chi connectivity index (χ1v) is 43.8. The van der Waals surface area contributed by atoms with E-state index in [1.165, 1.54) is 205 Å². The third-order valence-corrected chi connectivity index (χ3v) is 20.9. The van der Waals surface area contributed by atoms with Gasteiger partial charge in [-0.2, -0.15) is 0 Å². The van der Waals surface area contributed by atoms with Crippen LogP contribution in [-0.4, -0.2) is 96.7 Å². The molecule has 0 saturated heterocycles. The van der Waals surface area contributed by atoms with Crippen LogP contribution in [0.3, 0.4) is 0 Å². The summed E-state index contributed by atoms with van der Waals surface area (Å²) in [6.45, 7) is 14.2. The molecule has 0 fully saturated rings. The van der Waals surface area contributed by atoms with Gasteiger partial charge in [-0.3, -0.25) is 37.3 Å². The maximum Gasteiger partial charge on any atom is 0.472 e. The average Bonchev–Trinajstić information content (AvgIpc) is 1.05. The van der Waals surface area contributed by atoms with Crippen molar-refractivity contribution in [2.24, 2.45) is 23.7 Å². The number of esters is 4. The van der Waals surface area contributed by atoms with Crippen LogP contribution in [0.15, 0.2) is 0 Å². The molecule has 4 unspecified atom stereocenters. The SMILES string of the molecule is CCC(C)CCCCCCCCCCCCCCCCCCCCC(=O)O[C@H](COC(=O)CCCCCCCCCCCC(C)C)COP(=O)(O)OC[C@@H](O)COP(=O)(O)OC[C@@H](COC(=O)CCCCCCCCCCC(C)CC)OC(=O)CCCCCCCCCCCC(C)C. The number of aliphatic hydroxyl groups is 1. The van der Waals surface area contributed by atoms with Crippen molar-refractivity contribution >= 4 is 39.5 Å². The summed E-state index contributed by atoms with van der Waals surface area (Å²) in [5.74, 6) is 1.01. The van der Waals surface area contributed by atoms with E-state index in [-0.39, 0.29) is 25.7 Å². The third kappa shape index (κ3) is 69.8. The molecular formula is C79H154O17P2. The van der Waals surface area contributed by atoms with Crippen LogP contribution in [0.5, 0.6) is 0 Å². The van der Waals surface area contributed by atoms with E-state index in [2.05, 4.69) is 55.4 Å². The minimum absolute atomic E-state index is 0.105. The minimum atomic E-state index is -4.96. The van der Waals surface area contributed by atoms with E-state index in [0.29, 0.717) is 25.7 Å². The van der Waals surface area contributed by atoms with Gasteiger partial charge in [0, 0.05) is 25.7 Å². The molecule has 582 valence electrons. The van der Waals surface area contributed by atoms with E-state index in [1.807, 2.05) is 0 Å². The maximum absolute atomic E-state index is 13.1. The second-order valence-corrected chi connectivity index (χ2v) is 32.8. The molecule has 0 spiro atoms. The van der Waals surface area contributed by atoms with Gasteiger partial charge in [-0.05, 0) is 49.4 Å². The molecule has 0 radical (unpaired) electrons. The Morgan fingerprint density at radius 2 is 0.490 bits per heavy atom. The molecule has 0 aliphatic carbocycles. The lowest BCUT2D eigenvalue weighted by Crippen LogP contribution is -2.30. The second-order valence-electron chi connectivity index (χ2n) is 29.9. The van der Waals surface area contributed by atoms with Gasteiger partial charge >= 0.3 is 39.5 Å². The van der Waals surface area contributed by atoms with Crippen LogP contribution in [0.4, 0.5) is 0 Å². The number of hydrogen-bond acceptors (Lipinski definition) is 15. The number of hydrogen-bond donors (Lipinski definition) is 3. The van der Waals surface area contributed by atoms with E-state index in [9.17, 15) is 43.2 Å². The Balaban J connectivity index is 5.21. The van der Waals surface area contributed by atoms with Crippen molar-refractivity contribution in [3.63, 3.8) is 0 Å². The Bertz CT molecular complexity index is 1920. The van der Waals surface area contributed by atoms with Gasteiger partial charge in [0.2, 0.25) is 0 Å². The van der Waals surface area contributed by atoms with Gasteiger partial charge in [-0.1, -0.05) is 351 Å². The van der Waals surface area contributed by atoms with Gasteiger partial charge in [-0.25, -0.2) is 9.13 Å². The predicted octanol–water partition coefficient (Wildman–Crippen LogP) is 23.2. The van der Waals surface area contributed by atoms with Gasteiger partial charge in [-0.15, -0.1) is 0 Å². The molecule has 98 heavy (non-hydrogen) atoms. The van der Waals surface area contributed by atoms with E-state index in [0.717, 1.165) is 114 Å². The van der Waals surface area contributed by atoms with Gasteiger partial charge in [0.1, 0.15) is 19.3 Å². The summed E-state index contributed by atoms with van der Waals surface area (Å²) in [5, 5.41) is 10.6. The number of aliphatic hydroxyl groups excluding tert-OH is 1. The molecule has 0 aromatic rings. The van der Waals surface area contributed by atoms with Crippen molar-refractivity contribution in [3.8, 4) is 0 Å². The fourth-order valence-corrected chi connectivity index (χ4v) is 13.6. The highest BCUT2D eigenvalue weighted by atomic mass is 31.2. The van der Waals surface area contributed by atoms with E-state index >= 15 is 0 Å². The maximum atomic E-state index is 13.1. The third-order valence-electron chi connectivity index (χ3n) is 19.0. The summed E-state index contributed by atoms with van der Waals surface area (Å²) < 4.78 is 68.6. The molecule has 0 saturated carbocycles. The Kier molecular flexibility index (Phi) is 66.8. The molecule has 0 rings (SSSR count). The number of unbranched alkanes of at least 4 members (excludes halogenated alkanes) is 40. The van der Waals surface area contributed by atoms with Crippen LogP contribution in [-0.2, 0) is 65.4 Å². The quantitative estimate of drug-likeness (QED) is 0.0222. The van der Waals surface area contributed by atoms with Gasteiger partial charge in [0.25, 0.3) is 0 Å². The van der Waals surface area contributed by atoms with Crippen LogP contribution < -0.4 is 0 Å². The van der Waals surface area contributed by atoms with Gasteiger partial charge in [0.05, 0.1) is 26.4 Å². The number of phosphoric acid groups is 2. The van der Waals surface area contributed by atoms with Crippen molar-refractivity contribution in [1.29, 1.82) is 0 Å². The molecule has 0 heterocycles. The number of carbonyl (C=O) groups excluding carboxylic acids is 4. The summed E-state index contributed by atoms with van der Waals surface area (Å²) in [7, 11) is -9.92. The van der Waals surface area contributed by atoms with Crippen LogP contribution in [0.25, 0.3) is 0 Å². The highest BCUT2D eigenvalue weighted by molar-refractivity contribution is 7.47. The largest absolute Gasteiger partial charge is 0.472 e. The van der Waals surface area contributed by atoms with Crippen molar-refractivity contribution in [1.82, 2.24) is 0 Å². The van der Waals surface area contributed by atoms with Crippen molar-refractivity contribution in [2.45, 2.75) is 420 Å². The molecule has 0 aromatic carbocycles. The molecule has 0 aliphatic rings. The molecule has 0 aromatic heterocycles. The van der Waals surface area contributed by atoms with Gasteiger partial charge < -0.3 is 33.8 Å². The number of phosphoric ester groups is 2. The number of carbonyl (C=O) groups is 4. The van der Waals surface area contributed by atoms with Crippen LogP contribution in [0.1, 0.15) is 402 Å². The van der Waals surface area contributed by atoms with Crippen LogP contribution in [0, 0.1) is 23.7 Å². The first-order chi connectivity index (χ1) is 47.2. The molecule has 0 aliphatic heterocycles. The fourth-order valence-electron chi connectivity index (χ4n) is 12.0. The zero-order chi connectivity index (χ0) is 72.4. The minimum Gasteiger partial charge on any atom is -0.462 e. The molecule has 3 N–H and O–H groups in total. The topological polar surface area (TPSA) is 237 Å². The average molecular weight is 1440 g/mol. The summed E-state index contributed by atoms with van der Waals surface area (Å²) in [5.41, 5.74) is 0. The zero-order valence-electron chi connectivity index (χ0n) is 64.4. The van der Waals surface area contributed by atoms with Crippen LogP contribution >= 0.6 is 15.6 Å². The Morgan fingerprint density at radius 1 is 0.286 bits per heavy atom. The van der Waals surface area contributed by atoms with Crippen LogP contribution in [0.2, 0.25) is 0 Å². The summed E-state index contributed by atoms with van der Waals surface area (Å²) in [6, 6.07) is 0. The number of ether oxygens (including phenoxy) is 4. The molecule has 0 bridgehead atoms. The van der Waals surface area contributed by atoms with E-state index < -0.39 is 97.5 Å². The zero-order valence-corrected chi connectivity index (χ0v) is 66.2. The smallest absolute Gasteiger partial charge is 0.462 e. The lowest BCUT2D eigenvalue weighted by molar-refractivity contribution is -0.161. The Hall–Kier alpha value is -1.94. The van der Waals surface area contributed by atoms with E-state index in [1.54, 1.807) is 0 Å². The van der Waals surface area contributed by atoms with Crippen molar-refractivity contribution < 1.29 is 80.2 Å². The standard InChI is InChI=1S/C79H154O17P2/c1-9-71(7)57-49-41-33-25-19-17-15-13-11-12-14-16-18-20-26-37-45-53-61-78(83)95-74(65-89-76(81)59-51-43-35-27-21-23-31-39-47-55-69(3)4)67-93-97(85,86)91-63-73(80)64-92-98(87,88)94-68-75(96-79(84)62-54-46-38-28-22-24-32-40-48-56-70(5)6)66-90-77(82)60-52-44-36-30-29-34-42-50-58-72(8)10-2/h69-75,80H,9-68H2,1-8H3,(H,85,86)(H,87,88)/t71?,72?,73-,74-,75-/m1/s1. The Morgan fingerprint density at radius 3 is 0.724 bits per heavy atom. The second kappa shape index (κ2) is 68.2. The highest BCUT2D eigenvalue weighted by Gasteiger charge is 2.30. The molecule has 0 amide bonds. The lowest BCUT2D eigenvalue weighted by Gasteiger charge is -2.21. The highest BCUT2D eigenvalue weighted by Crippen LogP contribution is 2.45. The molecule has 7 atom stereocenters. The summed E-state index contributed by atoms with van der Waals surface area (Å²) in [4.78, 5) is 72.9. The molecule has 19 heteroatoms. The number of rotatable bonds is 76. The van der Waals surface area contributed by atoms with Crippen molar-refractivity contribution in [3.05, 3.63) is 0 Å². The summed E-state index contributed by atoms with van der Waals surface area (Å²) in [6.07, 6.45) is 54.1. The van der Waals surface area contributed by atoms with Gasteiger partial charge in [0.15, 0.2) is 12.2 Å². The van der Waals surface area contributed by atoms with Crippen molar-refractivity contribution in [2.75, 3.05) is 39.6 Å². The Labute approximate surface area is 600 Å². The van der Waals surface area contributed by atoms with E-state index in [4.69, 9.17) is 37.0 Å². The fraction of sp³-hybridized carbons (Fsp3) is 0.949. The first kappa shape index (κ1) is 96.1. The summed E-state index contributed by atoms with van der Waals surface area (Å²) >= 11 is 0. The first-order valence-electron chi connectivity index (χ1n) is 40.8. The lowest BCUT2D eigenvalue weighted by atomic mass is 9.99. The molecular weight excluding hydrogens is 1280 g/mol. The normalized spacial score (nSPS) is 14.6. The monoisotopic (exact) mass is 1440 g/mol. The predicted molar refractivity (Wildman–Crippen MR) is 400 cm³/mol. The molecule has 17 nitrogen and oxygen atoms in total.